The molecule has 0 atom stereocenters. The number of nitrogens with zero attached hydrogens (tertiary/aromatic N) is 1. The molecule has 0 rings (SSSR count). The molecule has 6 heteroatoms. The molecule has 196 valence electrons. The minimum Gasteiger partial charge on any atom is -0.304 e. The standard InChI is InChI=1S/C26H55N.H3O4P/c1-6-9-11-13-15-17-19-21-24-26(23-8-3,27(4)5)25-22-20-18-16-14-12-10-7-2;1-5(2,3)4/h6-25H2,1-5H3;(H3,1,2,3,4). The quantitative estimate of drug-likeness (QED) is 0.114. The molecule has 0 aliphatic heterocycles. The van der Waals surface area contributed by atoms with Crippen molar-refractivity contribution in [2.75, 3.05) is 14.1 Å². The molecule has 3 N–H and O–H groups in total. The lowest BCUT2D eigenvalue weighted by molar-refractivity contribution is 0.107. The van der Waals surface area contributed by atoms with E-state index < -0.39 is 7.82 Å². The predicted octanol–water partition coefficient (Wildman–Crippen LogP) is 8.22. The van der Waals surface area contributed by atoms with E-state index in [9.17, 15) is 0 Å². The summed E-state index contributed by atoms with van der Waals surface area (Å²) in [6.45, 7) is 6.99. The first kappa shape index (κ1) is 34.2. The summed E-state index contributed by atoms with van der Waals surface area (Å²) in [6, 6.07) is 0. The average molecular weight is 480 g/mol. The number of hydrogen-bond donors (Lipinski definition) is 3. The number of hydrogen-bond acceptors (Lipinski definition) is 2. The number of rotatable bonds is 21. The predicted molar refractivity (Wildman–Crippen MR) is 140 cm³/mol. The molecule has 0 aromatic rings. The van der Waals surface area contributed by atoms with E-state index in [1.807, 2.05) is 0 Å². The van der Waals surface area contributed by atoms with Crippen LogP contribution in [-0.4, -0.2) is 39.2 Å². The van der Waals surface area contributed by atoms with E-state index in [-0.39, 0.29) is 0 Å². The highest BCUT2D eigenvalue weighted by Gasteiger charge is 2.30. The number of unbranched alkanes of at least 4 members (excludes halogenated alkanes) is 14. The van der Waals surface area contributed by atoms with Gasteiger partial charge in [0.1, 0.15) is 0 Å². The maximum Gasteiger partial charge on any atom is 0.466 e. The second-order valence-electron chi connectivity index (χ2n) is 9.83. The second kappa shape index (κ2) is 22.8. The van der Waals surface area contributed by atoms with Gasteiger partial charge < -0.3 is 19.6 Å². The van der Waals surface area contributed by atoms with Gasteiger partial charge in [0.05, 0.1) is 0 Å². The van der Waals surface area contributed by atoms with Crippen LogP contribution in [0.4, 0.5) is 0 Å². The molecule has 0 aromatic heterocycles. The normalized spacial score (nSPS) is 12.2. The number of phosphoric acid groups is 1. The third-order valence-electron chi connectivity index (χ3n) is 6.66. The molecule has 0 spiro atoms. The molecular weight excluding hydrogens is 421 g/mol. The Balaban J connectivity index is 0. The fraction of sp³-hybridized carbons (Fsp3) is 1.00. The Bertz CT molecular complexity index is 398. The summed E-state index contributed by atoms with van der Waals surface area (Å²) in [6.07, 6.45) is 28.5. The van der Waals surface area contributed by atoms with E-state index in [4.69, 9.17) is 19.2 Å². The second-order valence-corrected chi connectivity index (χ2v) is 10.9. The van der Waals surface area contributed by atoms with Crippen LogP contribution in [0.5, 0.6) is 0 Å². The van der Waals surface area contributed by atoms with Crippen molar-refractivity contribution in [3.05, 3.63) is 0 Å². The van der Waals surface area contributed by atoms with E-state index in [2.05, 4.69) is 39.8 Å². The lowest BCUT2D eigenvalue weighted by atomic mass is 9.81. The zero-order chi connectivity index (χ0) is 24.7. The van der Waals surface area contributed by atoms with Crippen LogP contribution >= 0.6 is 7.82 Å². The zero-order valence-corrected chi connectivity index (χ0v) is 23.2. The van der Waals surface area contributed by atoms with Gasteiger partial charge >= 0.3 is 7.82 Å². The van der Waals surface area contributed by atoms with Crippen LogP contribution in [0.1, 0.15) is 149 Å². The Kier molecular flexibility index (Phi) is 24.4. The van der Waals surface area contributed by atoms with Gasteiger partial charge in [0.25, 0.3) is 0 Å². The molecule has 0 unspecified atom stereocenters. The van der Waals surface area contributed by atoms with Crippen LogP contribution in [0, 0.1) is 0 Å². The average Bonchev–Trinajstić information content (AvgIpc) is 2.70. The zero-order valence-electron chi connectivity index (χ0n) is 22.3. The van der Waals surface area contributed by atoms with Crippen molar-refractivity contribution in [3.63, 3.8) is 0 Å². The van der Waals surface area contributed by atoms with E-state index >= 15 is 0 Å². The molecule has 0 aliphatic rings. The highest BCUT2D eigenvalue weighted by atomic mass is 31.2. The molecule has 0 amide bonds. The first-order valence-electron chi connectivity index (χ1n) is 13.6. The summed E-state index contributed by atoms with van der Waals surface area (Å²) in [5.74, 6) is 0. The van der Waals surface area contributed by atoms with Gasteiger partial charge in [0, 0.05) is 5.54 Å². The van der Waals surface area contributed by atoms with E-state index in [1.165, 1.54) is 128 Å². The molecular formula is C26H58NO4P. The molecule has 0 heterocycles. The van der Waals surface area contributed by atoms with E-state index in [0.29, 0.717) is 5.54 Å². The maximum absolute atomic E-state index is 8.88. The van der Waals surface area contributed by atoms with Crippen LogP contribution in [0.15, 0.2) is 0 Å². The summed E-state index contributed by atoms with van der Waals surface area (Å²) in [7, 11) is 0.0380. The molecule has 0 radical (unpaired) electrons. The van der Waals surface area contributed by atoms with E-state index in [0.717, 1.165) is 0 Å². The van der Waals surface area contributed by atoms with Crippen molar-refractivity contribution in [1.29, 1.82) is 0 Å². The van der Waals surface area contributed by atoms with Gasteiger partial charge in [0.15, 0.2) is 0 Å². The van der Waals surface area contributed by atoms with Gasteiger partial charge in [-0.05, 0) is 33.4 Å². The SMILES string of the molecule is CCCCCCCCCCC(CCC)(CCCCCCCCCC)N(C)C.O=P(O)(O)O. The fourth-order valence-electron chi connectivity index (χ4n) is 4.69. The van der Waals surface area contributed by atoms with Crippen LogP contribution in [0.3, 0.4) is 0 Å². The van der Waals surface area contributed by atoms with Gasteiger partial charge in [-0.25, -0.2) is 4.57 Å². The monoisotopic (exact) mass is 479 g/mol. The van der Waals surface area contributed by atoms with Gasteiger partial charge in [0.2, 0.25) is 0 Å². The van der Waals surface area contributed by atoms with Crippen molar-refractivity contribution in [2.24, 2.45) is 0 Å². The Hall–Kier alpha value is 0.0700. The fourth-order valence-corrected chi connectivity index (χ4v) is 4.69. The Morgan fingerprint density at radius 1 is 0.531 bits per heavy atom. The van der Waals surface area contributed by atoms with Crippen LogP contribution < -0.4 is 0 Å². The summed E-state index contributed by atoms with van der Waals surface area (Å²) in [5, 5.41) is 0. The van der Waals surface area contributed by atoms with Crippen molar-refractivity contribution in [3.8, 4) is 0 Å². The summed E-state index contributed by atoms with van der Waals surface area (Å²) in [5.41, 5.74) is 0.471. The Labute approximate surface area is 201 Å². The Morgan fingerprint density at radius 3 is 1.06 bits per heavy atom. The molecule has 0 fully saturated rings. The lowest BCUT2D eigenvalue weighted by Crippen LogP contribution is -2.44. The first-order valence-corrected chi connectivity index (χ1v) is 15.1. The third kappa shape index (κ3) is 24.7. The molecule has 32 heavy (non-hydrogen) atoms. The topological polar surface area (TPSA) is 81.0 Å². The van der Waals surface area contributed by atoms with E-state index in [1.54, 1.807) is 0 Å². The highest BCUT2D eigenvalue weighted by molar-refractivity contribution is 7.45. The molecule has 0 bridgehead atoms. The molecule has 5 nitrogen and oxygen atoms in total. The summed E-state index contributed by atoms with van der Waals surface area (Å²) >= 11 is 0. The van der Waals surface area contributed by atoms with Crippen LogP contribution in [0.25, 0.3) is 0 Å². The van der Waals surface area contributed by atoms with Crippen molar-refractivity contribution >= 4 is 7.82 Å². The van der Waals surface area contributed by atoms with Crippen molar-refractivity contribution in [2.45, 2.75) is 155 Å². The largest absolute Gasteiger partial charge is 0.466 e. The molecule has 0 aliphatic carbocycles. The molecule has 0 aromatic carbocycles. The van der Waals surface area contributed by atoms with Gasteiger partial charge in [-0.1, -0.05) is 130 Å². The highest BCUT2D eigenvalue weighted by Crippen LogP contribution is 2.32. The van der Waals surface area contributed by atoms with Crippen molar-refractivity contribution in [1.82, 2.24) is 4.90 Å². The minimum absolute atomic E-state index is 0.471. The van der Waals surface area contributed by atoms with Gasteiger partial charge in [-0.15, -0.1) is 0 Å². The maximum atomic E-state index is 8.88. The van der Waals surface area contributed by atoms with Crippen LogP contribution in [-0.2, 0) is 4.57 Å². The van der Waals surface area contributed by atoms with Crippen LogP contribution in [0.2, 0.25) is 0 Å². The lowest BCUT2D eigenvalue weighted by Gasteiger charge is -2.41. The third-order valence-corrected chi connectivity index (χ3v) is 6.66. The smallest absolute Gasteiger partial charge is 0.304 e. The minimum atomic E-state index is -4.64. The molecule has 0 saturated carbocycles. The summed E-state index contributed by atoms with van der Waals surface area (Å²) < 4.78 is 8.88. The first-order chi connectivity index (χ1) is 15.1. The van der Waals surface area contributed by atoms with Crippen molar-refractivity contribution < 1.29 is 19.2 Å². The van der Waals surface area contributed by atoms with Gasteiger partial charge in [-0.3, -0.25) is 0 Å². The van der Waals surface area contributed by atoms with Gasteiger partial charge in [-0.2, -0.15) is 0 Å². The molecule has 0 saturated heterocycles. The summed E-state index contributed by atoms with van der Waals surface area (Å²) in [4.78, 5) is 24.1. The Morgan fingerprint density at radius 2 is 0.812 bits per heavy atom.